The van der Waals surface area contributed by atoms with Gasteiger partial charge in [0.2, 0.25) is 0 Å². The van der Waals surface area contributed by atoms with Crippen molar-refractivity contribution >= 4 is 0 Å². The van der Waals surface area contributed by atoms with Crippen molar-refractivity contribution in [3.63, 3.8) is 0 Å². The van der Waals surface area contributed by atoms with Gasteiger partial charge >= 0.3 is 0 Å². The molecule has 2 unspecified atom stereocenters. The van der Waals surface area contributed by atoms with Crippen LogP contribution in [0.2, 0.25) is 0 Å². The Kier molecular flexibility index (Phi) is 3.83. The molecule has 0 aliphatic carbocycles. The molecule has 0 aliphatic rings. The molecule has 2 atom stereocenters. The van der Waals surface area contributed by atoms with E-state index in [9.17, 15) is 0 Å². The zero-order chi connectivity index (χ0) is 6.57. The molecule has 0 aliphatic heterocycles. The van der Waals surface area contributed by atoms with Crippen LogP contribution in [0.15, 0.2) is 0 Å². The predicted octanol–water partition coefficient (Wildman–Crippen LogP) is 0.928. The Bertz CT molecular complexity index is 46.5. The molecule has 0 aromatic rings. The van der Waals surface area contributed by atoms with Gasteiger partial charge in [0.05, 0.1) is 6.10 Å². The lowest BCUT2D eigenvalue weighted by Crippen LogP contribution is -2.16. The molecule has 0 rings (SSSR count). The molecule has 0 bridgehead atoms. The summed E-state index contributed by atoms with van der Waals surface area (Å²) in [6.45, 7) is 4.68. The first-order chi connectivity index (χ1) is 3.72. The van der Waals surface area contributed by atoms with Crippen LogP contribution in [0.1, 0.15) is 20.3 Å². The van der Waals surface area contributed by atoms with Crippen LogP contribution in [0.4, 0.5) is 0 Å². The summed E-state index contributed by atoms with van der Waals surface area (Å²) in [6.07, 6.45) is 0.234. The van der Waals surface area contributed by atoms with Crippen LogP contribution >= 0.6 is 0 Å². The molecule has 2 N–H and O–H groups in total. The maximum atomic E-state index is 8.82. The third-order valence-electron chi connectivity index (χ3n) is 1.38. The van der Waals surface area contributed by atoms with Crippen LogP contribution < -0.4 is 0 Å². The fraction of sp³-hybridized carbons (Fsp3) is 0.833. The van der Waals surface area contributed by atoms with Gasteiger partial charge in [-0.15, -0.1) is 0 Å². The fourth-order valence-electron chi connectivity index (χ4n) is 0.388. The maximum Gasteiger partial charge on any atom is 0.108 e. The topological polar surface area (TPSA) is 40.5 Å². The third-order valence-corrected chi connectivity index (χ3v) is 1.38. The Morgan fingerprint density at radius 2 is 2.12 bits per heavy atom. The second-order valence-electron chi connectivity index (χ2n) is 2.03. The molecule has 0 amide bonds. The highest BCUT2D eigenvalue weighted by Gasteiger charge is 2.09. The minimum atomic E-state index is -0.653. The Balaban J connectivity index is 3.29. The molecule has 49 valence electrons. The monoisotopic (exact) mass is 117 g/mol. The highest BCUT2D eigenvalue weighted by Crippen LogP contribution is 2.07. The molecule has 0 saturated carbocycles. The van der Waals surface area contributed by atoms with Crippen LogP contribution in [0.3, 0.4) is 0 Å². The van der Waals surface area contributed by atoms with Crippen molar-refractivity contribution in [1.29, 1.82) is 0 Å². The average molecular weight is 117 g/mol. The van der Waals surface area contributed by atoms with Gasteiger partial charge in [-0.3, -0.25) is 0 Å². The Morgan fingerprint density at radius 1 is 1.62 bits per heavy atom. The van der Waals surface area contributed by atoms with E-state index >= 15 is 0 Å². The lowest BCUT2D eigenvalue weighted by atomic mass is 10.0. The van der Waals surface area contributed by atoms with E-state index in [4.69, 9.17) is 10.2 Å². The van der Waals surface area contributed by atoms with Crippen molar-refractivity contribution in [2.24, 2.45) is 5.92 Å². The van der Waals surface area contributed by atoms with Crippen molar-refractivity contribution in [2.75, 3.05) is 0 Å². The van der Waals surface area contributed by atoms with E-state index in [1.54, 1.807) is 0 Å². The molecule has 0 aromatic heterocycles. The summed E-state index contributed by atoms with van der Waals surface area (Å²) in [7, 11) is 0. The van der Waals surface area contributed by atoms with E-state index in [-0.39, 0.29) is 5.92 Å². The molecular weight excluding hydrogens is 104 g/mol. The molecule has 2 heteroatoms. The summed E-state index contributed by atoms with van der Waals surface area (Å²) in [5.41, 5.74) is 0. The predicted molar refractivity (Wildman–Crippen MR) is 31.7 cm³/mol. The zero-order valence-corrected chi connectivity index (χ0v) is 5.33. The van der Waals surface area contributed by atoms with Gasteiger partial charge < -0.3 is 10.2 Å². The summed E-state index contributed by atoms with van der Waals surface area (Å²) >= 11 is 0. The largest absolute Gasteiger partial charge is 0.390 e. The average Bonchev–Trinajstić information content (AvgIpc) is 1.84. The Hall–Kier alpha value is -0.0800. The van der Waals surface area contributed by atoms with Crippen LogP contribution in [0.5, 0.6) is 0 Å². The minimum absolute atomic E-state index is 0.167. The van der Waals surface area contributed by atoms with Gasteiger partial charge in [0, 0.05) is 0 Å². The van der Waals surface area contributed by atoms with Crippen LogP contribution in [0.25, 0.3) is 0 Å². The van der Waals surface area contributed by atoms with Crippen molar-refractivity contribution in [3.8, 4) is 0 Å². The smallest absolute Gasteiger partial charge is 0.108 e. The van der Waals surface area contributed by atoms with Gasteiger partial charge in [-0.25, -0.2) is 0 Å². The highest BCUT2D eigenvalue weighted by molar-refractivity contribution is 4.68. The van der Waals surface area contributed by atoms with Crippen molar-refractivity contribution in [2.45, 2.75) is 26.4 Å². The molecule has 0 spiro atoms. The minimum Gasteiger partial charge on any atom is -0.390 e. The van der Waals surface area contributed by atoms with Crippen molar-refractivity contribution in [1.82, 2.24) is 0 Å². The molecular formula is C6H13O2. The zero-order valence-electron chi connectivity index (χ0n) is 5.33. The fourth-order valence-corrected chi connectivity index (χ4v) is 0.388. The first-order valence-electron chi connectivity index (χ1n) is 2.88. The van der Waals surface area contributed by atoms with Crippen LogP contribution in [0, 0.1) is 12.5 Å². The Morgan fingerprint density at radius 3 is 2.25 bits per heavy atom. The molecule has 0 heterocycles. The van der Waals surface area contributed by atoms with Gasteiger partial charge in [-0.1, -0.05) is 20.3 Å². The number of aliphatic hydroxyl groups is 2. The van der Waals surface area contributed by atoms with E-state index in [1.807, 2.05) is 13.8 Å². The Labute approximate surface area is 50.2 Å². The normalized spacial score (nSPS) is 18.0. The van der Waals surface area contributed by atoms with Gasteiger partial charge in [-0.2, -0.15) is 0 Å². The summed E-state index contributed by atoms with van der Waals surface area (Å²) in [6, 6.07) is 0. The first kappa shape index (κ1) is 7.92. The number of hydrogen-bond donors (Lipinski definition) is 2. The van der Waals surface area contributed by atoms with Gasteiger partial charge in [0.25, 0.3) is 0 Å². The number of rotatable bonds is 3. The lowest BCUT2D eigenvalue weighted by molar-refractivity contribution is 0.0949. The van der Waals surface area contributed by atoms with Crippen molar-refractivity contribution in [3.05, 3.63) is 6.61 Å². The lowest BCUT2D eigenvalue weighted by Gasteiger charge is -2.12. The summed E-state index contributed by atoms with van der Waals surface area (Å²) in [5, 5.41) is 17.1. The van der Waals surface area contributed by atoms with E-state index in [1.165, 1.54) is 0 Å². The van der Waals surface area contributed by atoms with E-state index in [0.29, 0.717) is 0 Å². The molecule has 1 radical (unpaired) electrons. The second kappa shape index (κ2) is 3.87. The van der Waals surface area contributed by atoms with Crippen LogP contribution in [-0.4, -0.2) is 16.3 Å². The van der Waals surface area contributed by atoms with Crippen LogP contribution in [-0.2, 0) is 0 Å². The molecule has 2 nitrogen and oxygen atoms in total. The SMILES string of the molecule is CCC(C)C(O)[CH]O. The summed E-state index contributed by atoms with van der Waals surface area (Å²) in [5.74, 6) is 0.167. The molecule has 8 heavy (non-hydrogen) atoms. The van der Waals surface area contributed by atoms with E-state index < -0.39 is 6.10 Å². The van der Waals surface area contributed by atoms with E-state index in [2.05, 4.69) is 0 Å². The van der Waals surface area contributed by atoms with Gasteiger partial charge in [0.15, 0.2) is 0 Å². The van der Waals surface area contributed by atoms with E-state index in [0.717, 1.165) is 13.0 Å². The summed E-state index contributed by atoms with van der Waals surface area (Å²) in [4.78, 5) is 0. The van der Waals surface area contributed by atoms with Crippen molar-refractivity contribution < 1.29 is 10.2 Å². The van der Waals surface area contributed by atoms with Gasteiger partial charge in [0.1, 0.15) is 6.61 Å². The first-order valence-corrected chi connectivity index (χ1v) is 2.88. The third kappa shape index (κ3) is 2.28. The summed E-state index contributed by atoms with van der Waals surface area (Å²) < 4.78 is 0. The highest BCUT2D eigenvalue weighted by atomic mass is 16.3. The quantitative estimate of drug-likeness (QED) is 0.577. The molecule has 0 aromatic carbocycles. The number of aliphatic hydroxyl groups excluding tert-OH is 2. The maximum absolute atomic E-state index is 8.82. The molecule has 0 saturated heterocycles. The standard InChI is InChI=1S/C6H13O2/c1-3-5(2)6(8)4-7/h4-8H,3H2,1-2H3. The second-order valence-corrected chi connectivity index (χ2v) is 2.03. The van der Waals surface area contributed by atoms with Gasteiger partial charge in [-0.05, 0) is 5.92 Å². The number of hydrogen-bond acceptors (Lipinski definition) is 2. The molecule has 0 fully saturated rings.